The molecule has 1 amide bonds. The van der Waals surface area contributed by atoms with Gasteiger partial charge >= 0.3 is 0 Å². The number of ether oxygens (including phenoxy) is 1. The Morgan fingerprint density at radius 1 is 1.12 bits per heavy atom. The number of rotatable bonds is 6. The van der Waals surface area contributed by atoms with Gasteiger partial charge in [0.25, 0.3) is 0 Å². The van der Waals surface area contributed by atoms with Crippen LogP contribution in [-0.4, -0.2) is 90.6 Å². The van der Waals surface area contributed by atoms with Gasteiger partial charge in [0.1, 0.15) is 0 Å². The topological polar surface area (TPSA) is 48.1 Å². The smallest absolute Gasteiger partial charge is 0.222 e. The summed E-state index contributed by atoms with van der Waals surface area (Å²) in [5.74, 6) is 0.172. The Morgan fingerprint density at radius 3 is 2.24 bits per heavy atom. The lowest BCUT2D eigenvalue weighted by Crippen LogP contribution is -2.59. The first-order valence-corrected chi connectivity index (χ1v) is 10.2. The summed E-state index contributed by atoms with van der Waals surface area (Å²) < 4.78 is 8.29. The van der Waals surface area contributed by atoms with E-state index in [1.54, 1.807) is 0 Å². The number of thiol groups is 1. The van der Waals surface area contributed by atoms with Gasteiger partial charge in [-0.1, -0.05) is 26.7 Å². The Morgan fingerprint density at radius 2 is 1.68 bits per heavy atom. The van der Waals surface area contributed by atoms with E-state index in [0.717, 1.165) is 65.1 Å². The number of carbonyl (C=O) groups is 1. The number of hydrogen-bond acceptors (Lipinski definition) is 6. The third-order valence-electron chi connectivity index (χ3n) is 5.89. The van der Waals surface area contributed by atoms with Crippen molar-refractivity contribution in [3.05, 3.63) is 0 Å². The predicted molar refractivity (Wildman–Crippen MR) is 103 cm³/mol. The molecular weight excluding hydrogens is 336 g/mol. The molecule has 0 radical (unpaired) electrons. The van der Waals surface area contributed by atoms with E-state index in [4.69, 9.17) is 4.74 Å². The maximum Gasteiger partial charge on any atom is 0.222 e. The second kappa shape index (κ2) is 8.57. The van der Waals surface area contributed by atoms with Crippen molar-refractivity contribution in [2.45, 2.75) is 44.8 Å². The van der Waals surface area contributed by atoms with E-state index in [0.29, 0.717) is 6.54 Å². The lowest BCUT2D eigenvalue weighted by molar-refractivity contribution is -0.223. The van der Waals surface area contributed by atoms with Crippen LogP contribution in [0.4, 0.5) is 0 Å². The first-order valence-electron chi connectivity index (χ1n) is 9.80. The lowest BCUT2D eigenvalue weighted by Gasteiger charge is -2.52. The fourth-order valence-corrected chi connectivity index (χ4v) is 4.22. The molecule has 3 heterocycles. The van der Waals surface area contributed by atoms with Gasteiger partial charge in [-0.3, -0.25) is 14.0 Å². The molecule has 0 bridgehead atoms. The van der Waals surface area contributed by atoms with Gasteiger partial charge in [0.05, 0.1) is 11.7 Å². The highest BCUT2D eigenvalue weighted by atomic mass is 32.1. The molecule has 1 unspecified atom stereocenters. The van der Waals surface area contributed by atoms with Crippen molar-refractivity contribution in [2.24, 2.45) is 5.92 Å². The summed E-state index contributed by atoms with van der Waals surface area (Å²) in [5, 5.41) is 2.99. The van der Waals surface area contributed by atoms with Crippen molar-refractivity contribution in [1.82, 2.24) is 19.4 Å². The summed E-state index contributed by atoms with van der Waals surface area (Å²) in [6, 6.07) is 0. The second-order valence-electron chi connectivity index (χ2n) is 8.16. The number of nitrogens with zero attached hydrogens (tertiary/aromatic N) is 3. The highest BCUT2D eigenvalue weighted by molar-refractivity contribution is 7.77. The van der Waals surface area contributed by atoms with Crippen LogP contribution in [0.3, 0.4) is 0 Å². The fourth-order valence-electron chi connectivity index (χ4n) is 4.04. The molecule has 3 aliphatic rings. The summed E-state index contributed by atoms with van der Waals surface area (Å²) in [6.45, 7) is 13.5. The lowest BCUT2D eigenvalue weighted by atomic mass is 9.80. The zero-order valence-corrected chi connectivity index (χ0v) is 16.6. The molecule has 3 rings (SSSR count). The van der Waals surface area contributed by atoms with E-state index in [1.165, 1.54) is 6.54 Å². The molecule has 6 nitrogen and oxygen atoms in total. The Kier molecular flexibility index (Phi) is 6.65. The largest absolute Gasteiger partial charge is 0.370 e. The first kappa shape index (κ1) is 19.4. The maximum atomic E-state index is 11.6. The Hall–Kier alpha value is -0.340. The molecule has 1 spiro atoms. The van der Waals surface area contributed by atoms with Crippen molar-refractivity contribution < 1.29 is 9.53 Å². The van der Waals surface area contributed by atoms with Crippen LogP contribution in [0.1, 0.15) is 33.1 Å². The standard InChI is InChI=1S/C18H34N4O2S/c1-15(2)17(23)19-14-16-13-18(24-16)3-5-20(6-4-18)7-8-21-9-11-22(25)12-10-21/h15-16,25H,3-14H2,1-2H3,(H,19,23). The van der Waals surface area contributed by atoms with Gasteiger partial charge in [0.15, 0.2) is 0 Å². The van der Waals surface area contributed by atoms with Gasteiger partial charge in [-0.25, -0.2) is 0 Å². The van der Waals surface area contributed by atoms with E-state index in [1.807, 2.05) is 13.8 Å². The van der Waals surface area contributed by atoms with E-state index in [-0.39, 0.29) is 23.5 Å². The molecule has 0 aromatic carbocycles. The summed E-state index contributed by atoms with van der Waals surface area (Å²) in [4.78, 5) is 16.8. The fraction of sp³-hybridized carbons (Fsp3) is 0.944. The molecule has 0 saturated carbocycles. The molecule has 0 aromatic rings. The molecule has 3 aliphatic heterocycles. The molecule has 1 atom stereocenters. The second-order valence-corrected chi connectivity index (χ2v) is 8.73. The summed E-state index contributed by atoms with van der Waals surface area (Å²) in [6.07, 6.45) is 3.58. The molecule has 0 aromatic heterocycles. The average molecular weight is 371 g/mol. The van der Waals surface area contributed by atoms with Gasteiger partial charge in [0.2, 0.25) is 5.91 Å². The van der Waals surface area contributed by atoms with Crippen LogP contribution in [0.25, 0.3) is 0 Å². The molecule has 3 saturated heterocycles. The quantitative estimate of drug-likeness (QED) is 0.679. The van der Waals surface area contributed by atoms with Crippen LogP contribution < -0.4 is 5.32 Å². The monoisotopic (exact) mass is 370 g/mol. The summed E-state index contributed by atoms with van der Waals surface area (Å²) >= 11 is 4.41. The minimum Gasteiger partial charge on any atom is -0.370 e. The highest BCUT2D eigenvalue weighted by Crippen LogP contribution is 2.41. The van der Waals surface area contributed by atoms with Crippen molar-refractivity contribution in [3.63, 3.8) is 0 Å². The van der Waals surface area contributed by atoms with Crippen LogP contribution in [0.5, 0.6) is 0 Å². The van der Waals surface area contributed by atoms with Gasteiger partial charge in [0, 0.05) is 71.2 Å². The van der Waals surface area contributed by atoms with Crippen molar-refractivity contribution in [3.8, 4) is 0 Å². The summed E-state index contributed by atoms with van der Waals surface area (Å²) in [5.41, 5.74) is 0.0986. The van der Waals surface area contributed by atoms with Crippen LogP contribution >= 0.6 is 12.8 Å². The maximum absolute atomic E-state index is 11.6. The SMILES string of the molecule is CC(C)C(=O)NCC1CC2(CCN(CCN3CCN(S)CC3)CC2)O1. The highest BCUT2D eigenvalue weighted by Gasteiger charge is 2.47. The number of nitrogens with one attached hydrogen (secondary N) is 1. The van der Waals surface area contributed by atoms with Gasteiger partial charge in [-0.2, -0.15) is 0 Å². The Bertz CT molecular complexity index is 438. The number of piperazine rings is 1. The van der Waals surface area contributed by atoms with Crippen LogP contribution in [-0.2, 0) is 9.53 Å². The number of carbonyl (C=O) groups excluding carboxylic acids is 1. The third kappa shape index (κ3) is 5.32. The summed E-state index contributed by atoms with van der Waals surface area (Å²) in [7, 11) is 0. The van der Waals surface area contributed by atoms with Crippen molar-refractivity contribution in [1.29, 1.82) is 0 Å². The number of amides is 1. The molecular formula is C18H34N4O2S. The average Bonchev–Trinajstić information content (AvgIpc) is 2.58. The zero-order valence-electron chi connectivity index (χ0n) is 15.7. The van der Waals surface area contributed by atoms with E-state index in [2.05, 4.69) is 32.2 Å². The number of hydrogen-bond donors (Lipinski definition) is 2. The number of likely N-dealkylation sites (tertiary alicyclic amines) is 1. The molecule has 144 valence electrons. The van der Waals surface area contributed by atoms with E-state index < -0.39 is 0 Å². The Balaban J connectivity index is 1.29. The molecule has 25 heavy (non-hydrogen) atoms. The minimum atomic E-state index is 0.0491. The Labute approximate surface area is 157 Å². The minimum absolute atomic E-state index is 0.0491. The van der Waals surface area contributed by atoms with Gasteiger partial charge in [-0.15, -0.1) is 0 Å². The van der Waals surface area contributed by atoms with E-state index >= 15 is 0 Å². The predicted octanol–water partition coefficient (Wildman–Crippen LogP) is 0.845. The van der Waals surface area contributed by atoms with Crippen molar-refractivity contribution >= 4 is 18.7 Å². The molecule has 1 N–H and O–H groups in total. The van der Waals surface area contributed by atoms with Gasteiger partial charge in [-0.05, 0) is 12.8 Å². The van der Waals surface area contributed by atoms with Gasteiger partial charge < -0.3 is 15.0 Å². The van der Waals surface area contributed by atoms with Crippen LogP contribution in [0.2, 0.25) is 0 Å². The van der Waals surface area contributed by atoms with Crippen molar-refractivity contribution in [2.75, 3.05) is 58.9 Å². The molecule has 0 aliphatic carbocycles. The number of piperidine rings is 1. The van der Waals surface area contributed by atoms with E-state index in [9.17, 15) is 4.79 Å². The third-order valence-corrected chi connectivity index (χ3v) is 6.29. The first-order chi connectivity index (χ1) is 12.0. The normalized spacial score (nSPS) is 28.2. The van der Waals surface area contributed by atoms with Crippen LogP contribution in [0, 0.1) is 5.92 Å². The van der Waals surface area contributed by atoms with Crippen LogP contribution in [0.15, 0.2) is 0 Å². The molecule has 3 fully saturated rings. The zero-order chi connectivity index (χ0) is 17.9. The molecule has 7 heteroatoms.